The lowest BCUT2D eigenvalue weighted by Gasteiger charge is -2.11. The summed E-state index contributed by atoms with van der Waals surface area (Å²) < 4.78 is 5.69. The fourth-order valence-corrected chi connectivity index (χ4v) is 3.87. The average molecular weight is 324 g/mol. The van der Waals surface area contributed by atoms with E-state index in [0.717, 1.165) is 9.54 Å². The van der Waals surface area contributed by atoms with Gasteiger partial charge in [0.05, 0.1) is 22.6 Å². The number of halogens is 1. The van der Waals surface area contributed by atoms with E-state index in [9.17, 15) is 4.79 Å². The summed E-state index contributed by atoms with van der Waals surface area (Å²) in [6.07, 6.45) is 0.435. The topological polar surface area (TPSA) is 52.3 Å². The van der Waals surface area contributed by atoms with Crippen molar-refractivity contribution in [2.75, 3.05) is 19.4 Å². The van der Waals surface area contributed by atoms with E-state index in [4.69, 9.17) is 5.73 Å². The van der Waals surface area contributed by atoms with Crippen LogP contribution in [0.15, 0.2) is 15.9 Å². The van der Waals surface area contributed by atoms with Gasteiger partial charge < -0.3 is 10.5 Å². The first kappa shape index (κ1) is 14.0. The second-order valence-electron chi connectivity index (χ2n) is 3.06. The Hall–Kier alpha value is -0.0400. The van der Waals surface area contributed by atoms with Crippen molar-refractivity contribution in [1.82, 2.24) is 0 Å². The van der Waals surface area contributed by atoms with Crippen LogP contribution in [0.25, 0.3) is 0 Å². The molecule has 90 valence electrons. The Morgan fingerprint density at radius 3 is 2.94 bits per heavy atom. The van der Waals surface area contributed by atoms with Gasteiger partial charge in [0.15, 0.2) is 0 Å². The molecule has 1 aromatic rings. The fourth-order valence-electron chi connectivity index (χ4n) is 1.15. The number of thiophene rings is 1. The average Bonchev–Trinajstić information content (AvgIpc) is 2.70. The maximum atomic E-state index is 11.0. The highest BCUT2D eigenvalue weighted by atomic mass is 79.9. The number of hydrogen-bond donors (Lipinski definition) is 1. The molecular formula is C10H14BrNO2S2. The Bertz CT molecular complexity index is 343. The van der Waals surface area contributed by atoms with E-state index >= 15 is 0 Å². The predicted molar refractivity (Wildman–Crippen MR) is 72.9 cm³/mol. The summed E-state index contributed by atoms with van der Waals surface area (Å²) >= 11 is 6.81. The molecule has 0 spiro atoms. The standard InChI is InChI=1S/C10H14BrNO2S2/c1-14-10(13)4-5-15-8(6-12)7-2-3-9(11)16-7/h2-3,8H,4-6,12H2,1H3. The van der Waals surface area contributed by atoms with Crippen LogP contribution in [0.3, 0.4) is 0 Å². The summed E-state index contributed by atoms with van der Waals surface area (Å²) in [5.41, 5.74) is 5.72. The Morgan fingerprint density at radius 2 is 2.44 bits per heavy atom. The first-order chi connectivity index (χ1) is 7.67. The van der Waals surface area contributed by atoms with Crippen LogP contribution in [-0.2, 0) is 9.53 Å². The van der Waals surface area contributed by atoms with Crippen LogP contribution in [0.5, 0.6) is 0 Å². The summed E-state index contributed by atoms with van der Waals surface area (Å²) in [6.45, 7) is 0.582. The molecule has 1 heterocycles. The van der Waals surface area contributed by atoms with Gasteiger partial charge in [-0.25, -0.2) is 0 Å². The first-order valence-electron chi connectivity index (χ1n) is 4.81. The zero-order valence-electron chi connectivity index (χ0n) is 8.94. The smallest absolute Gasteiger partial charge is 0.306 e. The van der Waals surface area contributed by atoms with Crippen LogP contribution in [0.4, 0.5) is 0 Å². The van der Waals surface area contributed by atoms with Gasteiger partial charge in [0.1, 0.15) is 0 Å². The monoisotopic (exact) mass is 323 g/mol. The van der Waals surface area contributed by atoms with E-state index in [1.54, 1.807) is 23.1 Å². The van der Waals surface area contributed by atoms with Gasteiger partial charge in [-0.05, 0) is 28.1 Å². The lowest BCUT2D eigenvalue weighted by molar-refractivity contribution is -0.140. The van der Waals surface area contributed by atoms with Crippen molar-refractivity contribution in [1.29, 1.82) is 0 Å². The number of rotatable bonds is 6. The summed E-state index contributed by atoms with van der Waals surface area (Å²) in [5.74, 6) is 0.569. The Balaban J connectivity index is 2.41. The van der Waals surface area contributed by atoms with Crippen molar-refractivity contribution < 1.29 is 9.53 Å². The van der Waals surface area contributed by atoms with Gasteiger partial charge in [-0.1, -0.05) is 0 Å². The van der Waals surface area contributed by atoms with Gasteiger partial charge in [-0.15, -0.1) is 11.3 Å². The van der Waals surface area contributed by atoms with Crippen molar-refractivity contribution in [3.8, 4) is 0 Å². The number of ether oxygens (including phenoxy) is 1. The Labute approximate surface area is 112 Å². The number of thioether (sulfide) groups is 1. The van der Waals surface area contributed by atoms with Crippen LogP contribution in [0.1, 0.15) is 16.5 Å². The molecule has 3 nitrogen and oxygen atoms in total. The number of carbonyl (C=O) groups excluding carboxylic acids is 1. The molecule has 0 amide bonds. The molecule has 1 rings (SSSR count). The number of carbonyl (C=O) groups is 1. The molecule has 0 radical (unpaired) electrons. The van der Waals surface area contributed by atoms with Crippen LogP contribution in [0.2, 0.25) is 0 Å². The van der Waals surface area contributed by atoms with Crippen LogP contribution < -0.4 is 5.73 Å². The van der Waals surface area contributed by atoms with Crippen molar-refractivity contribution in [2.45, 2.75) is 11.7 Å². The zero-order chi connectivity index (χ0) is 12.0. The van der Waals surface area contributed by atoms with Crippen LogP contribution in [0, 0.1) is 0 Å². The minimum absolute atomic E-state index is 0.171. The fraction of sp³-hybridized carbons (Fsp3) is 0.500. The molecule has 16 heavy (non-hydrogen) atoms. The lowest BCUT2D eigenvalue weighted by atomic mass is 10.3. The highest BCUT2D eigenvalue weighted by molar-refractivity contribution is 9.11. The zero-order valence-corrected chi connectivity index (χ0v) is 12.2. The molecular weight excluding hydrogens is 310 g/mol. The summed E-state index contributed by atoms with van der Waals surface area (Å²) in [5, 5.41) is 0.265. The number of nitrogens with two attached hydrogens (primary N) is 1. The van der Waals surface area contributed by atoms with Gasteiger partial charge in [0.25, 0.3) is 0 Å². The van der Waals surface area contributed by atoms with Crippen molar-refractivity contribution >= 4 is 45.0 Å². The third-order valence-electron chi connectivity index (χ3n) is 1.98. The molecule has 0 aliphatic heterocycles. The van der Waals surface area contributed by atoms with E-state index in [-0.39, 0.29) is 11.2 Å². The maximum absolute atomic E-state index is 11.0. The quantitative estimate of drug-likeness (QED) is 0.818. The van der Waals surface area contributed by atoms with E-state index in [2.05, 4.69) is 26.7 Å². The number of hydrogen-bond acceptors (Lipinski definition) is 5. The molecule has 1 unspecified atom stereocenters. The van der Waals surface area contributed by atoms with E-state index in [1.165, 1.54) is 12.0 Å². The normalized spacial score (nSPS) is 12.4. The molecule has 2 N–H and O–H groups in total. The highest BCUT2D eigenvalue weighted by Crippen LogP contribution is 2.35. The minimum Gasteiger partial charge on any atom is -0.469 e. The molecule has 1 atom stereocenters. The van der Waals surface area contributed by atoms with Crippen molar-refractivity contribution in [3.63, 3.8) is 0 Å². The molecule has 0 bridgehead atoms. The van der Waals surface area contributed by atoms with Crippen molar-refractivity contribution in [2.24, 2.45) is 5.73 Å². The maximum Gasteiger partial charge on any atom is 0.306 e. The molecule has 0 saturated heterocycles. The van der Waals surface area contributed by atoms with Gasteiger partial charge >= 0.3 is 5.97 Å². The molecule has 0 aliphatic rings. The molecule has 1 aromatic heterocycles. The summed E-state index contributed by atoms with van der Waals surface area (Å²) in [6, 6.07) is 4.08. The Kier molecular flexibility index (Phi) is 6.41. The molecule has 0 aromatic carbocycles. The van der Waals surface area contributed by atoms with Gasteiger partial charge in [-0.2, -0.15) is 11.8 Å². The summed E-state index contributed by atoms with van der Waals surface area (Å²) in [4.78, 5) is 12.2. The van der Waals surface area contributed by atoms with Gasteiger partial charge in [-0.3, -0.25) is 4.79 Å². The van der Waals surface area contributed by atoms with Gasteiger partial charge in [0, 0.05) is 17.2 Å². The first-order valence-corrected chi connectivity index (χ1v) is 7.47. The molecule has 0 aliphatic carbocycles. The molecule has 6 heteroatoms. The molecule has 0 saturated carbocycles. The highest BCUT2D eigenvalue weighted by Gasteiger charge is 2.13. The minimum atomic E-state index is -0.171. The van der Waals surface area contributed by atoms with Crippen molar-refractivity contribution in [3.05, 3.63) is 20.8 Å². The second-order valence-corrected chi connectivity index (χ2v) is 6.87. The second kappa shape index (κ2) is 7.32. The third-order valence-corrected chi connectivity index (χ3v) is 5.15. The third kappa shape index (κ3) is 4.45. The van der Waals surface area contributed by atoms with Crippen LogP contribution in [-0.4, -0.2) is 25.4 Å². The summed E-state index contributed by atoms with van der Waals surface area (Å²) in [7, 11) is 1.41. The van der Waals surface area contributed by atoms with Gasteiger partial charge in [0.2, 0.25) is 0 Å². The van der Waals surface area contributed by atoms with E-state index in [1.807, 2.05) is 6.07 Å². The van der Waals surface area contributed by atoms with Crippen LogP contribution >= 0.6 is 39.0 Å². The van der Waals surface area contributed by atoms with E-state index in [0.29, 0.717) is 13.0 Å². The number of esters is 1. The SMILES string of the molecule is COC(=O)CCSC(CN)c1ccc(Br)s1. The van der Waals surface area contributed by atoms with E-state index < -0.39 is 0 Å². The Morgan fingerprint density at radius 1 is 1.69 bits per heavy atom. The lowest BCUT2D eigenvalue weighted by Crippen LogP contribution is -2.10. The largest absolute Gasteiger partial charge is 0.469 e. The predicted octanol–water partition coefficient (Wildman–Crippen LogP) is 2.81. The molecule has 0 fully saturated rings. The number of methoxy groups -OCH3 is 1.